The molecule has 0 radical (unpaired) electrons. The van der Waals surface area contributed by atoms with Crippen molar-refractivity contribution in [3.63, 3.8) is 0 Å². The van der Waals surface area contributed by atoms with Crippen LogP contribution in [0.4, 0.5) is 0 Å². The van der Waals surface area contributed by atoms with Gasteiger partial charge in [0, 0.05) is 24.8 Å². The van der Waals surface area contributed by atoms with Gasteiger partial charge in [-0.2, -0.15) is 0 Å². The Kier molecular flexibility index (Phi) is 3.38. The summed E-state index contributed by atoms with van der Waals surface area (Å²) >= 11 is 3.23. The molecule has 0 unspecified atom stereocenters. The summed E-state index contributed by atoms with van der Waals surface area (Å²) in [4.78, 5) is 29.8. The van der Waals surface area contributed by atoms with Gasteiger partial charge in [-0.25, -0.2) is 4.98 Å². The largest absolute Gasteiger partial charge is 0.352 e. The Labute approximate surface area is 114 Å². The van der Waals surface area contributed by atoms with E-state index in [0.717, 1.165) is 0 Å². The summed E-state index contributed by atoms with van der Waals surface area (Å²) < 4.78 is 0.604. The molecule has 5 nitrogen and oxygen atoms in total. The van der Waals surface area contributed by atoms with Crippen molar-refractivity contribution >= 4 is 27.7 Å². The number of carbonyl (C=O) groups is 2. The van der Waals surface area contributed by atoms with Gasteiger partial charge in [-0.1, -0.05) is 0 Å². The predicted octanol–water partition coefficient (Wildman–Crippen LogP) is 1.19. The summed E-state index contributed by atoms with van der Waals surface area (Å²) in [5.41, 5.74) is -0.301. The molecule has 0 bridgehead atoms. The minimum absolute atomic E-state index is 0.129. The van der Waals surface area contributed by atoms with Crippen molar-refractivity contribution in [2.75, 3.05) is 13.1 Å². The lowest BCUT2D eigenvalue weighted by molar-refractivity contribution is -0.133. The minimum atomic E-state index is -0.828. The molecule has 0 spiro atoms. The van der Waals surface area contributed by atoms with Crippen LogP contribution in [0.15, 0.2) is 22.9 Å². The number of rotatable bonds is 1. The lowest BCUT2D eigenvalue weighted by Crippen LogP contribution is -2.63. The number of piperazine rings is 1. The number of hydrogen-bond donors (Lipinski definition) is 1. The van der Waals surface area contributed by atoms with Crippen molar-refractivity contribution in [2.24, 2.45) is 0 Å². The molecular formula is C12H14BrN3O2. The molecule has 0 atom stereocenters. The molecule has 1 aliphatic rings. The summed E-state index contributed by atoms with van der Waals surface area (Å²) in [6, 6.07) is 3.31. The van der Waals surface area contributed by atoms with Crippen LogP contribution in [-0.4, -0.2) is 40.3 Å². The first-order chi connectivity index (χ1) is 8.43. The standard InChI is InChI=1S/C12H14BrN3O2/c1-12(2)11(18)15-5-6-16(12)10(17)8-3-4-14-9(13)7-8/h3-4,7H,5-6H2,1-2H3,(H,15,18). The van der Waals surface area contributed by atoms with E-state index in [0.29, 0.717) is 23.3 Å². The molecule has 1 fully saturated rings. The maximum absolute atomic E-state index is 12.4. The van der Waals surface area contributed by atoms with Crippen LogP contribution in [-0.2, 0) is 4.79 Å². The number of amides is 2. The van der Waals surface area contributed by atoms with Gasteiger partial charge in [-0.15, -0.1) is 0 Å². The number of carbonyl (C=O) groups excluding carboxylic acids is 2. The lowest BCUT2D eigenvalue weighted by Gasteiger charge is -2.41. The molecule has 1 saturated heterocycles. The van der Waals surface area contributed by atoms with Crippen LogP contribution >= 0.6 is 15.9 Å². The molecule has 6 heteroatoms. The third-order valence-corrected chi connectivity index (χ3v) is 3.50. The number of nitrogens with one attached hydrogen (secondary N) is 1. The van der Waals surface area contributed by atoms with Gasteiger partial charge in [-0.05, 0) is 41.9 Å². The Balaban J connectivity index is 2.31. The van der Waals surface area contributed by atoms with Gasteiger partial charge in [0.2, 0.25) is 5.91 Å². The summed E-state index contributed by atoms with van der Waals surface area (Å²) in [5.74, 6) is -0.284. The van der Waals surface area contributed by atoms with E-state index in [9.17, 15) is 9.59 Å². The average molecular weight is 312 g/mol. The third kappa shape index (κ3) is 2.25. The maximum atomic E-state index is 12.4. The number of nitrogens with zero attached hydrogens (tertiary/aromatic N) is 2. The van der Waals surface area contributed by atoms with Gasteiger partial charge in [0.05, 0.1) is 0 Å². The highest BCUT2D eigenvalue weighted by Gasteiger charge is 2.40. The quantitative estimate of drug-likeness (QED) is 0.793. The highest BCUT2D eigenvalue weighted by molar-refractivity contribution is 9.10. The van der Waals surface area contributed by atoms with Crippen LogP contribution < -0.4 is 5.32 Å². The van der Waals surface area contributed by atoms with Gasteiger partial charge >= 0.3 is 0 Å². The Morgan fingerprint density at radius 2 is 2.28 bits per heavy atom. The van der Waals surface area contributed by atoms with Gasteiger partial charge in [-0.3, -0.25) is 9.59 Å². The molecule has 2 rings (SSSR count). The number of aromatic nitrogens is 1. The molecule has 0 aliphatic carbocycles. The Bertz CT molecular complexity index is 502. The average Bonchev–Trinajstić information content (AvgIpc) is 2.32. The monoisotopic (exact) mass is 311 g/mol. The fourth-order valence-corrected chi connectivity index (χ4v) is 2.31. The summed E-state index contributed by atoms with van der Waals surface area (Å²) in [7, 11) is 0. The van der Waals surface area contributed by atoms with E-state index in [2.05, 4.69) is 26.2 Å². The van der Waals surface area contributed by atoms with E-state index in [4.69, 9.17) is 0 Å². The summed E-state index contributed by atoms with van der Waals surface area (Å²) in [6.07, 6.45) is 1.56. The third-order valence-electron chi connectivity index (χ3n) is 3.07. The van der Waals surface area contributed by atoms with Crippen molar-refractivity contribution in [3.05, 3.63) is 28.5 Å². The molecule has 1 aliphatic heterocycles. The molecular weight excluding hydrogens is 298 g/mol. The van der Waals surface area contributed by atoms with Crippen molar-refractivity contribution in [3.8, 4) is 0 Å². The first-order valence-electron chi connectivity index (χ1n) is 5.65. The Hall–Kier alpha value is -1.43. The molecule has 1 N–H and O–H groups in total. The minimum Gasteiger partial charge on any atom is -0.352 e. The normalized spacial score (nSPS) is 18.4. The van der Waals surface area contributed by atoms with E-state index in [1.807, 2.05) is 0 Å². The van der Waals surface area contributed by atoms with Crippen molar-refractivity contribution in [2.45, 2.75) is 19.4 Å². The molecule has 18 heavy (non-hydrogen) atoms. The first-order valence-corrected chi connectivity index (χ1v) is 6.44. The number of hydrogen-bond acceptors (Lipinski definition) is 3. The van der Waals surface area contributed by atoms with Crippen LogP contribution in [0.3, 0.4) is 0 Å². The number of halogens is 1. The van der Waals surface area contributed by atoms with Crippen LogP contribution in [0.25, 0.3) is 0 Å². The fraction of sp³-hybridized carbons (Fsp3) is 0.417. The van der Waals surface area contributed by atoms with Gasteiger partial charge < -0.3 is 10.2 Å². The number of pyridine rings is 1. The molecule has 2 heterocycles. The molecule has 0 aromatic carbocycles. The van der Waals surface area contributed by atoms with Gasteiger partial charge in [0.15, 0.2) is 0 Å². The maximum Gasteiger partial charge on any atom is 0.254 e. The molecule has 0 saturated carbocycles. The molecule has 96 valence electrons. The SMILES string of the molecule is CC1(C)C(=O)NCCN1C(=O)c1ccnc(Br)c1. The van der Waals surface area contributed by atoms with E-state index >= 15 is 0 Å². The second-order valence-electron chi connectivity index (χ2n) is 4.64. The lowest BCUT2D eigenvalue weighted by atomic mass is 9.98. The first kappa shape index (κ1) is 13.0. The zero-order valence-electron chi connectivity index (χ0n) is 10.2. The van der Waals surface area contributed by atoms with Crippen LogP contribution in [0.1, 0.15) is 24.2 Å². The second kappa shape index (κ2) is 4.68. The fourth-order valence-electron chi connectivity index (χ4n) is 1.95. The molecule has 2 amide bonds. The zero-order valence-corrected chi connectivity index (χ0v) is 11.8. The van der Waals surface area contributed by atoms with Crippen molar-refractivity contribution in [1.29, 1.82) is 0 Å². The van der Waals surface area contributed by atoms with Crippen LogP contribution in [0, 0.1) is 0 Å². The highest BCUT2D eigenvalue weighted by atomic mass is 79.9. The van der Waals surface area contributed by atoms with E-state index in [1.54, 1.807) is 37.1 Å². The summed E-state index contributed by atoms with van der Waals surface area (Å²) in [5, 5.41) is 2.77. The van der Waals surface area contributed by atoms with Gasteiger partial charge in [0.1, 0.15) is 10.1 Å². The van der Waals surface area contributed by atoms with E-state index in [-0.39, 0.29) is 11.8 Å². The smallest absolute Gasteiger partial charge is 0.254 e. The Morgan fingerprint density at radius 3 is 2.94 bits per heavy atom. The zero-order chi connectivity index (χ0) is 13.3. The Morgan fingerprint density at radius 1 is 1.56 bits per heavy atom. The molecule has 1 aromatic rings. The predicted molar refractivity (Wildman–Crippen MR) is 70.1 cm³/mol. The van der Waals surface area contributed by atoms with Crippen LogP contribution in [0.2, 0.25) is 0 Å². The summed E-state index contributed by atoms with van der Waals surface area (Å²) in [6.45, 7) is 4.49. The highest BCUT2D eigenvalue weighted by Crippen LogP contribution is 2.21. The van der Waals surface area contributed by atoms with Gasteiger partial charge in [0.25, 0.3) is 5.91 Å². The van der Waals surface area contributed by atoms with Crippen LogP contribution in [0.5, 0.6) is 0 Å². The van der Waals surface area contributed by atoms with E-state index < -0.39 is 5.54 Å². The second-order valence-corrected chi connectivity index (χ2v) is 5.45. The van der Waals surface area contributed by atoms with Crippen molar-refractivity contribution in [1.82, 2.24) is 15.2 Å². The van der Waals surface area contributed by atoms with E-state index in [1.165, 1.54) is 0 Å². The molecule has 1 aromatic heterocycles. The topological polar surface area (TPSA) is 62.3 Å². The van der Waals surface area contributed by atoms with Crippen molar-refractivity contribution < 1.29 is 9.59 Å².